The molecule has 0 atom stereocenters. The molecule has 0 spiro atoms. The number of hydrogen-bond acceptors (Lipinski definition) is 6. The molecule has 0 aliphatic carbocycles. The third-order valence-corrected chi connectivity index (χ3v) is 3.95. The Morgan fingerprint density at radius 3 is 2.59 bits per heavy atom. The lowest BCUT2D eigenvalue weighted by atomic mass is 10.2. The van der Waals surface area contributed by atoms with Gasteiger partial charge < -0.3 is 9.15 Å². The lowest BCUT2D eigenvalue weighted by Crippen LogP contribution is -2.10. The fraction of sp³-hybridized carbons (Fsp3) is 0.133. The highest BCUT2D eigenvalue weighted by molar-refractivity contribution is 7.14. The van der Waals surface area contributed by atoms with Crippen molar-refractivity contribution in [1.29, 1.82) is 0 Å². The van der Waals surface area contributed by atoms with Crippen LogP contribution in [0.2, 0.25) is 0 Å². The smallest absolute Gasteiger partial charge is 0.322 e. The van der Waals surface area contributed by atoms with Crippen molar-refractivity contribution in [3.05, 3.63) is 46.2 Å². The topological polar surface area (TPSA) is 77.3 Å². The maximum atomic E-state index is 12.0. The molecular formula is C15H13N3O3S. The van der Waals surface area contributed by atoms with E-state index in [0.717, 1.165) is 16.2 Å². The van der Waals surface area contributed by atoms with Crippen LogP contribution in [0.5, 0.6) is 5.75 Å². The molecule has 1 aromatic carbocycles. The number of hydrogen-bond donors (Lipinski definition) is 1. The number of thiophene rings is 1. The van der Waals surface area contributed by atoms with Gasteiger partial charge in [-0.1, -0.05) is 5.10 Å². The van der Waals surface area contributed by atoms with E-state index in [4.69, 9.17) is 9.15 Å². The van der Waals surface area contributed by atoms with Gasteiger partial charge >= 0.3 is 6.01 Å². The molecule has 0 unspecified atom stereocenters. The number of anilines is 1. The van der Waals surface area contributed by atoms with Crippen molar-refractivity contribution in [3.63, 3.8) is 0 Å². The van der Waals surface area contributed by atoms with Crippen LogP contribution in [0.1, 0.15) is 14.5 Å². The molecule has 22 heavy (non-hydrogen) atoms. The van der Waals surface area contributed by atoms with Gasteiger partial charge in [-0.05, 0) is 43.3 Å². The summed E-state index contributed by atoms with van der Waals surface area (Å²) in [6, 6.07) is 10.9. The van der Waals surface area contributed by atoms with Gasteiger partial charge in [0.05, 0.1) is 12.0 Å². The van der Waals surface area contributed by atoms with E-state index < -0.39 is 0 Å². The Hall–Kier alpha value is -2.67. The summed E-state index contributed by atoms with van der Waals surface area (Å²) in [5, 5.41) is 10.3. The van der Waals surface area contributed by atoms with Crippen LogP contribution in [-0.2, 0) is 0 Å². The van der Waals surface area contributed by atoms with Gasteiger partial charge in [0.25, 0.3) is 5.91 Å². The summed E-state index contributed by atoms with van der Waals surface area (Å²) in [6.07, 6.45) is 0. The standard InChI is InChI=1S/C15H13N3O3S/c1-9-3-8-12(22-9)13(19)16-15-18-17-14(21-15)10-4-6-11(20-2)7-5-10/h3-8H,1-2H3,(H,16,18,19). The number of nitrogens with one attached hydrogen (secondary N) is 1. The van der Waals surface area contributed by atoms with Gasteiger partial charge in [-0.15, -0.1) is 16.4 Å². The van der Waals surface area contributed by atoms with Crippen molar-refractivity contribution in [3.8, 4) is 17.2 Å². The predicted octanol–water partition coefficient (Wildman–Crippen LogP) is 3.37. The maximum Gasteiger partial charge on any atom is 0.322 e. The summed E-state index contributed by atoms with van der Waals surface area (Å²) in [5.74, 6) is 0.813. The highest BCUT2D eigenvalue weighted by atomic mass is 32.1. The molecule has 2 heterocycles. The molecule has 0 saturated heterocycles. The molecule has 112 valence electrons. The molecule has 0 aliphatic rings. The molecule has 0 radical (unpaired) electrons. The highest BCUT2D eigenvalue weighted by Crippen LogP contribution is 2.23. The van der Waals surface area contributed by atoms with Crippen LogP contribution in [0.25, 0.3) is 11.5 Å². The zero-order valence-electron chi connectivity index (χ0n) is 12.0. The van der Waals surface area contributed by atoms with Crippen molar-refractivity contribution in [2.75, 3.05) is 12.4 Å². The number of carbonyl (C=O) groups is 1. The van der Waals surface area contributed by atoms with Crippen molar-refractivity contribution in [1.82, 2.24) is 10.2 Å². The number of amides is 1. The molecule has 6 nitrogen and oxygen atoms in total. The second-order valence-electron chi connectivity index (χ2n) is 4.51. The van der Waals surface area contributed by atoms with E-state index in [1.54, 1.807) is 37.4 Å². The van der Waals surface area contributed by atoms with Crippen molar-refractivity contribution in [2.24, 2.45) is 0 Å². The summed E-state index contributed by atoms with van der Waals surface area (Å²) >= 11 is 1.41. The second kappa shape index (κ2) is 5.98. The van der Waals surface area contributed by atoms with Crippen LogP contribution < -0.4 is 10.1 Å². The summed E-state index contributed by atoms with van der Waals surface area (Å²) in [7, 11) is 1.60. The normalized spacial score (nSPS) is 10.5. The predicted molar refractivity (Wildman–Crippen MR) is 83.3 cm³/mol. The largest absolute Gasteiger partial charge is 0.497 e. The van der Waals surface area contributed by atoms with Crippen LogP contribution in [0.3, 0.4) is 0 Å². The molecule has 0 saturated carbocycles. The fourth-order valence-corrected chi connectivity index (χ4v) is 2.60. The van der Waals surface area contributed by atoms with Crippen LogP contribution in [0.4, 0.5) is 6.01 Å². The molecular weight excluding hydrogens is 302 g/mol. The van der Waals surface area contributed by atoms with Crippen LogP contribution >= 0.6 is 11.3 Å². The van der Waals surface area contributed by atoms with E-state index in [2.05, 4.69) is 15.5 Å². The number of ether oxygens (including phenoxy) is 1. The third-order valence-electron chi connectivity index (χ3n) is 2.95. The summed E-state index contributed by atoms with van der Waals surface area (Å²) in [4.78, 5) is 13.7. The molecule has 0 bridgehead atoms. The minimum absolute atomic E-state index is 0.0712. The van der Waals surface area contributed by atoms with E-state index in [1.165, 1.54) is 11.3 Å². The quantitative estimate of drug-likeness (QED) is 0.798. The number of carbonyl (C=O) groups excluding carboxylic acids is 1. The zero-order valence-corrected chi connectivity index (χ0v) is 12.8. The Balaban J connectivity index is 1.74. The summed E-state index contributed by atoms with van der Waals surface area (Å²) < 4.78 is 10.5. The van der Waals surface area contributed by atoms with Crippen molar-refractivity contribution < 1.29 is 13.9 Å². The van der Waals surface area contributed by atoms with Gasteiger partial charge in [-0.3, -0.25) is 10.1 Å². The van der Waals surface area contributed by atoms with Gasteiger partial charge in [0.1, 0.15) is 5.75 Å². The Morgan fingerprint density at radius 1 is 1.18 bits per heavy atom. The van der Waals surface area contributed by atoms with E-state index in [0.29, 0.717) is 10.8 Å². The lowest BCUT2D eigenvalue weighted by molar-refractivity contribution is 0.102. The van der Waals surface area contributed by atoms with Crippen molar-refractivity contribution >= 4 is 23.3 Å². The average Bonchev–Trinajstić information content (AvgIpc) is 3.16. The lowest BCUT2D eigenvalue weighted by Gasteiger charge is -1.99. The van der Waals surface area contributed by atoms with Crippen LogP contribution in [-0.4, -0.2) is 23.2 Å². The van der Waals surface area contributed by atoms with E-state index >= 15 is 0 Å². The summed E-state index contributed by atoms with van der Waals surface area (Å²) in [5.41, 5.74) is 0.751. The molecule has 1 amide bonds. The maximum absolute atomic E-state index is 12.0. The molecule has 0 aliphatic heterocycles. The van der Waals surface area contributed by atoms with Crippen LogP contribution in [0.15, 0.2) is 40.8 Å². The first kappa shape index (κ1) is 14.3. The Labute approximate surface area is 130 Å². The SMILES string of the molecule is COc1ccc(-c2nnc(NC(=O)c3ccc(C)s3)o2)cc1. The van der Waals surface area contributed by atoms with E-state index in [-0.39, 0.29) is 11.9 Å². The molecule has 3 aromatic rings. The average molecular weight is 315 g/mol. The molecule has 7 heteroatoms. The number of benzene rings is 1. The summed E-state index contributed by atoms with van der Waals surface area (Å²) in [6.45, 7) is 1.94. The minimum atomic E-state index is -0.261. The number of rotatable bonds is 4. The van der Waals surface area contributed by atoms with Crippen molar-refractivity contribution in [2.45, 2.75) is 6.92 Å². The van der Waals surface area contributed by atoms with Gasteiger partial charge in [0.2, 0.25) is 5.89 Å². The number of aryl methyl sites for hydroxylation is 1. The Bertz CT molecular complexity index is 792. The molecule has 3 rings (SSSR count). The number of nitrogens with zero attached hydrogens (tertiary/aromatic N) is 2. The number of aromatic nitrogens is 2. The first-order valence-corrected chi connectivity index (χ1v) is 7.33. The fourth-order valence-electron chi connectivity index (χ4n) is 1.84. The molecule has 0 fully saturated rings. The second-order valence-corrected chi connectivity index (χ2v) is 5.79. The first-order valence-electron chi connectivity index (χ1n) is 6.51. The van der Waals surface area contributed by atoms with E-state index in [1.807, 2.05) is 13.0 Å². The molecule has 2 aromatic heterocycles. The van der Waals surface area contributed by atoms with Gasteiger partial charge in [-0.25, -0.2) is 0 Å². The third kappa shape index (κ3) is 2.99. The van der Waals surface area contributed by atoms with Crippen LogP contribution in [0, 0.1) is 6.92 Å². The highest BCUT2D eigenvalue weighted by Gasteiger charge is 2.14. The van der Waals surface area contributed by atoms with Gasteiger partial charge in [0.15, 0.2) is 0 Å². The first-order chi connectivity index (χ1) is 10.7. The van der Waals surface area contributed by atoms with Gasteiger partial charge in [0, 0.05) is 10.4 Å². The molecule has 1 N–H and O–H groups in total. The minimum Gasteiger partial charge on any atom is -0.497 e. The monoisotopic (exact) mass is 315 g/mol. The Kier molecular flexibility index (Phi) is 3.88. The number of methoxy groups -OCH3 is 1. The van der Waals surface area contributed by atoms with Gasteiger partial charge in [-0.2, -0.15) is 0 Å². The van der Waals surface area contributed by atoms with E-state index in [9.17, 15) is 4.79 Å². The zero-order chi connectivity index (χ0) is 15.5. The Morgan fingerprint density at radius 2 is 1.95 bits per heavy atom.